The predicted octanol–water partition coefficient (Wildman–Crippen LogP) is 2.28. The number of carboxylic acids is 1. The number of benzene rings is 3. The molecule has 3 rings (SSSR count). The van der Waals surface area contributed by atoms with E-state index in [0.717, 1.165) is 12.1 Å². The van der Waals surface area contributed by atoms with Crippen molar-refractivity contribution in [3.05, 3.63) is 48.0 Å². The molecule has 0 aliphatic carbocycles. The second-order valence-electron chi connectivity index (χ2n) is 6.60. The molecule has 15 heteroatoms. The van der Waals surface area contributed by atoms with Crippen molar-refractivity contribution >= 4 is 48.4 Å². The summed E-state index contributed by atoms with van der Waals surface area (Å²) in [6, 6.07) is 7.06. The van der Waals surface area contributed by atoms with E-state index in [4.69, 9.17) is 5.11 Å². The van der Waals surface area contributed by atoms with Gasteiger partial charge in [0.1, 0.15) is 16.3 Å². The summed E-state index contributed by atoms with van der Waals surface area (Å²) < 4.78 is 65.2. The van der Waals surface area contributed by atoms with Crippen LogP contribution in [0, 0.1) is 0 Å². The number of carbonyl (C=O) groups is 1. The molecule has 0 saturated heterocycles. The van der Waals surface area contributed by atoms with Crippen LogP contribution < -0.4 is 0 Å². The van der Waals surface area contributed by atoms with E-state index in [9.17, 15) is 46.1 Å². The largest absolute Gasteiger partial charge is 0.507 e. The number of phenols is 2. The van der Waals surface area contributed by atoms with E-state index >= 15 is 0 Å². The maximum atomic E-state index is 11.9. The molecule has 0 spiro atoms. The second kappa shape index (κ2) is 8.38. The number of aliphatic carboxylic acids is 1. The van der Waals surface area contributed by atoms with Crippen LogP contribution in [0.3, 0.4) is 0 Å². The van der Waals surface area contributed by atoms with Crippen molar-refractivity contribution in [3.63, 3.8) is 0 Å². The Morgan fingerprint density at radius 1 is 0.909 bits per heavy atom. The average Bonchev–Trinajstić information content (AvgIpc) is 2.70. The molecule has 0 aromatic heterocycles. The Hall–Kier alpha value is -3.63. The van der Waals surface area contributed by atoms with Gasteiger partial charge >= 0.3 is 5.97 Å². The van der Waals surface area contributed by atoms with E-state index in [2.05, 4.69) is 10.2 Å². The van der Waals surface area contributed by atoms with Gasteiger partial charge in [0.2, 0.25) is 0 Å². The van der Waals surface area contributed by atoms with E-state index in [1.807, 2.05) is 0 Å². The summed E-state index contributed by atoms with van der Waals surface area (Å²) in [6.07, 6.45) is -1.88. The van der Waals surface area contributed by atoms with Gasteiger partial charge in [-0.25, -0.2) is 4.79 Å². The Morgan fingerprint density at radius 3 is 2.15 bits per heavy atom. The highest BCUT2D eigenvalue weighted by Gasteiger charge is 2.25. The molecule has 0 fully saturated rings. The number of nitrogens with zero attached hydrogens (tertiary/aromatic N) is 2. The van der Waals surface area contributed by atoms with Gasteiger partial charge in [0.05, 0.1) is 16.0 Å². The van der Waals surface area contributed by atoms with Crippen LogP contribution in [0.15, 0.2) is 62.5 Å². The summed E-state index contributed by atoms with van der Waals surface area (Å²) in [7, 11) is -9.88. The van der Waals surface area contributed by atoms with Gasteiger partial charge in [-0.2, -0.15) is 21.9 Å². The lowest BCUT2D eigenvalue weighted by Crippen LogP contribution is -2.09. The normalized spacial score (nSPS) is 13.4. The zero-order valence-corrected chi connectivity index (χ0v) is 17.7. The quantitative estimate of drug-likeness (QED) is 0.213. The minimum Gasteiger partial charge on any atom is -0.507 e. The van der Waals surface area contributed by atoms with Crippen molar-refractivity contribution in [2.24, 2.45) is 10.2 Å². The third kappa shape index (κ3) is 4.91. The van der Waals surface area contributed by atoms with Gasteiger partial charge in [-0.05, 0) is 35.2 Å². The highest BCUT2D eigenvalue weighted by molar-refractivity contribution is 7.86. The van der Waals surface area contributed by atoms with Gasteiger partial charge in [0, 0.05) is 6.07 Å². The predicted molar refractivity (Wildman–Crippen MR) is 110 cm³/mol. The monoisotopic (exact) mass is 498 g/mol. The molecule has 6 N–H and O–H groups in total. The third-order valence-electron chi connectivity index (χ3n) is 4.36. The van der Waals surface area contributed by atoms with Crippen LogP contribution in [0.4, 0.5) is 11.4 Å². The summed E-state index contributed by atoms with van der Waals surface area (Å²) in [5, 5.41) is 45.6. The van der Waals surface area contributed by atoms with Gasteiger partial charge in [-0.15, -0.1) is 5.11 Å². The van der Waals surface area contributed by atoms with Gasteiger partial charge < -0.3 is 20.4 Å². The van der Waals surface area contributed by atoms with E-state index in [1.165, 1.54) is 18.2 Å². The molecule has 13 nitrogen and oxygen atoms in total. The third-order valence-corrected chi connectivity index (χ3v) is 6.06. The van der Waals surface area contributed by atoms with Crippen LogP contribution in [0.5, 0.6) is 11.5 Å². The molecule has 0 aliphatic rings. The van der Waals surface area contributed by atoms with Crippen LogP contribution in [-0.2, 0) is 25.0 Å². The van der Waals surface area contributed by atoms with Gasteiger partial charge in [-0.1, -0.05) is 12.1 Å². The Balaban J connectivity index is 2.25. The molecule has 0 heterocycles. The van der Waals surface area contributed by atoms with Crippen molar-refractivity contribution in [2.75, 3.05) is 0 Å². The topological polar surface area (TPSA) is 231 Å². The van der Waals surface area contributed by atoms with Gasteiger partial charge in [-0.3, -0.25) is 9.11 Å². The maximum Gasteiger partial charge on any atom is 0.337 e. The molecule has 0 saturated carbocycles. The average molecular weight is 498 g/mol. The molecular formula is C18H14N2O11S2. The molecule has 33 heavy (non-hydrogen) atoms. The van der Waals surface area contributed by atoms with Crippen molar-refractivity contribution in [1.82, 2.24) is 0 Å². The van der Waals surface area contributed by atoms with Gasteiger partial charge in [0.15, 0.2) is 11.9 Å². The summed E-state index contributed by atoms with van der Waals surface area (Å²) in [5.74, 6) is -3.39. The Bertz CT molecular complexity index is 1530. The van der Waals surface area contributed by atoms with Crippen molar-refractivity contribution in [3.8, 4) is 11.5 Å². The lowest BCUT2D eigenvalue weighted by molar-refractivity contribution is -0.146. The number of hydrogen-bond donors (Lipinski definition) is 6. The Kier molecular flexibility index (Phi) is 6.10. The van der Waals surface area contributed by atoms with Crippen LogP contribution in [-0.4, -0.2) is 52.3 Å². The van der Waals surface area contributed by atoms with Crippen molar-refractivity contribution in [2.45, 2.75) is 15.9 Å². The zero-order valence-electron chi connectivity index (χ0n) is 16.1. The number of aliphatic hydroxyl groups is 1. The van der Waals surface area contributed by atoms with Crippen molar-refractivity contribution < 1.29 is 51.2 Å². The minimum atomic E-state index is -5.07. The number of rotatable bonds is 6. The number of phenolic OH excluding ortho intramolecular Hbond substituents is 2. The van der Waals surface area contributed by atoms with E-state index in [-0.39, 0.29) is 16.6 Å². The molecule has 0 bridgehead atoms. The number of aliphatic hydroxyl groups excluding tert-OH is 1. The van der Waals surface area contributed by atoms with E-state index in [1.54, 1.807) is 0 Å². The van der Waals surface area contributed by atoms with E-state index < -0.39 is 64.7 Å². The maximum absolute atomic E-state index is 11.9. The fraction of sp³-hybridized carbons (Fsp3) is 0.0556. The fourth-order valence-electron chi connectivity index (χ4n) is 2.89. The number of fused-ring (bicyclic) bond motifs is 1. The number of hydrogen-bond acceptors (Lipinski definition) is 10. The van der Waals surface area contributed by atoms with E-state index in [0.29, 0.717) is 12.1 Å². The lowest BCUT2D eigenvalue weighted by Gasteiger charge is -2.11. The first-order valence-electron chi connectivity index (χ1n) is 8.60. The molecule has 1 atom stereocenters. The summed E-state index contributed by atoms with van der Waals surface area (Å²) >= 11 is 0. The first kappa shape index (κ1) is 24.0. The Labute approximate surface area is 185 Å². The molecule has 3 aromatic carbocycles. The number of carboxylic acid groups (broad SMARTS) is 1. The Morgan fingerprint density at radius 2 is 1.58 bits per heavy atom. The first-order valence-corrected chi connectivity index (χ1v) is 11.5. The summed E-state index contributed by atoms with van der Waals surface area (Å²) in [4.78, 5) is 9.11. The van der Waals surface area contributed by atoms with Gasteiger partial charge in [0.25, 0.3) is 20.2 Å². The molecule has 174 valence electrons. The first-order chi connectivity index (χ1) is 15.2. The second-order valence-corrected chi connectivity index (χ2v) is 9.41. The molecule has 0 amide bonds. The highest BCUT2D eigenvalue weighted by Crippen LogP contribution is 2.45. The minimum absolute atomic E-state index is 0.0699. The molecule has 0 aliphatic heterocycles. The summed E-state index contributed by atoms with van der Waals surface area (Å²) in [5.41, 5.74) is -0.976. The van der Waals surface area contributed by atoms with Crippen LogP contribution in [0.1, 0.15) is 11.7 Å². The molecule has 1 unspecified atom stereocenters. The van der Waals surface area contributed by atoms with Crippen molar-refractivity contribution in [1.29, 1.82) is 0 Å². The standard InChI is InChI=1S/C18H14N2O11S2/c21-12-7-11(32(26,27)28)5-9-6-13(33(29,30)31)15(17(23)14(9)12)20-19-10-3-1-2-8(4-10)16(22)18(24)25/h1-7,16,21-23H,(H,24,25)(H,26,27,28)(H,29,30,31). The lowest BCUT2D eigenvalue weighted by atomic mass is 10.1. The highest BCUT2D eigenvalue weighted by atomic mass is 32.2. The van der Waals surface area contributed by atoms with Crippen LogP contribution >= 0.6 is 0 Å². The smallest absolute Gasteiger partial charge is 0.337 e. The van der Waals surface area contributed by atoms with Crippen LogP contribution in [0.25, 0.3) is 10.8 Å². The molecular weight excluding hydrogens is 484 g/mol. The zero-order chi connectivity index (χ0) is 24.7. The van der Waals surface area contributed by atoms with Crippen LogP contribution in [0.2, 0.25) is 0 Å². The molecule has 0 radical (unpaired) electrons. The fourth-order valence-corrected chi connectivity index (χ4v) is 4.08. The number of azo groups is 1. The molecule has 3 aromatic rings. The SMILES string of the molecule is O=C(O)C(O)c1cccc(N=Nc2c(S(=O)(=O)O)cc3cc(S(=O)(=O)O)cc(O)c3c2O)c1. The number of aromatic hydroxyl groups is 2. The summed E-state index contributed by atoms with van der Waals surface area (Å²) in [6.45, 7) is 0.